The maximum absolute atomic E-state index is 2.41. The summed E-state index contributed by atoms with van der Waals surface area (Å²) >= 11 is 0. The van der Waals surface area contributed by atoms with Crippen LogP contribution in [0.15, 0.2) is 0 Å². The molecule has 0 aromatic rings. The van der Waals surface area contributed by atoms with Gasteiger partial charge in [-0.05, 0) is 30.1 Å². The van der Waals surface area contributed by atoms with Crippen LogP contribution in [0, 0.1) is 17.3 Å². The van der Waals surface area contributed by atoms with Gasteiger partial charge in [-0.15, -0.1) is 0 Å². The first-order chi connectivity index (χ1) is 7.54. The van der Waals surface area contributed by atoms with Crippen LogP contribution in [0.1, 0.15) is 86.5 Å². The summed E-state index contributed by atoms with van der Waals surface area (Å²) in [6, 6.07) is 0. The molecule has 1 fully saturated rings. The molecular weight excluding hydrogens is 192 g/mol. The lowest BCUT2D eigenvalue weighted by Crippen LogP contribution is -2.25. The Balaban J connectivity index is 0.00000106. The predicted octanol–water partition coefficient (Wildman–Crippen LogP) is 6.06. The fourth-order valence-electron chi connectivity index (χ4n) is 2.81. The molecule has 0 aromatic carbocycles. The van der Waals surface area contributed by atoms with Gasteiger partial charge in [0.25, 0.3) is 0 Å². The Bertz CT molecular complexity index is 144. The minimum Gasteiger partial charge on any atom is -0.0683 e. The molecular formula is C16H34. The van der Waals surface area contributed by atoms with Crippen LogP contribution in [0.5, 0.6) is 0 Å². The molecule has 0 N–H and O–H groups in total. The first-order valence-electron chi connectivity index (χ1n) is 7.54. The van der Waals surface area contributed by atoms with Gasteiger partial charge in [-0.1, -0.05) is 73.6 Å². The van der Waals surface area contributed by atoms with Crippen LogP contribution in [-0.2, 0) is 0 Å². The zero-order chi connectivity index (χ0) is 12.6. The lowest BCUT2D eigenvalue weighted by Gasteiger charge is -2.37. The van der Waals surface area contributed by atoms with Gasteiger partial charge in [0.2, 0.25) is 0 Å². The Labute approximate surface area is 104 Å². The molecule has 0 spiro atoms. The molecule has 0 heterocycles. The van der Waals surface area contributed by atoms with Crippen molar-refractivity contribution in [3.63, 3.8) is 0 Å². The smallest absolute Gasteiger partial charge is 0.0354 e. The number of unbranched alkanes of at least 4 members (excludes halogenated alkanes) is 1. The number of hydrogen-bond donors (Lipinski definition) is 0. The van der Waals surface area contributed by atoms with Crippen molar-refractivity contribution in [3.8, 4) is 0 Å². The standard InChI is InChI=1S/C14H28.C2H6/c1-5-6-7-12-8-10-13(11-9-12)14(2,3)4;1-2/h12-13H,5-11H2,1-4H3;1-2H3. The van der Waals surface area contributed by atoms with Crippen LogP contribution in [-0.4, -0.2) is 0 Å². The minimum atomic E-state index is 0.551. The molecule has 1 rings (SSSR count). The van der Waals surface area contributed by atoms with E-state index in [1.165, 1.54) is 44.9 Å². The summed E-state index contributed by atoms with van der Waals surface area (Å²) in [7, 11) is 0. The molecule has 0 saturated heterocycles. The molecule has 1 aliphatic rings. The molecule has 1 aliphatic carbocycles. The zero-order valence-corrected chi connectivity index (χ0v) is 12.6. The molecule has 0 amide bonds. The molecule has 0 radical (unpaired) electrons. The molecule has 0 heteroatoms. The number of rotatable bonds is 3. The molecule has 0 nitrogen and oxygen atoms in total. The third-order valence-electron chi connectivity index (χ3n) is 4.04. The maximum atomic E-state index is 2.41. The largest absolute Gasteiger partial charge is 0.0683 e. The Kier molecular flexibility index (Phi) is 8.14. The van der Waals surface area contributed by atoms with Gasteiger partial charge in [-0.25, -0.2) is 0 Å². The van der Waals surface area contributed by atoms with Crippen molar-refractivity contribution in [3.05, 3.63) is 0 Å². The maximum Gasteiger partial charge on any atom is -0.0354 e. The van der Waals surface area contributed by atoms with E-state index >= 15 is 0 Å². The van der Waals surface area contributed by atoms with Gasteiger partial charge < -0.3 is 0 Å². The Hall–Kier alpha value is 0. The van der Waals surface area contributed by atoms with Crippen LogP contribution in [0.2, 0.25) is 0 Å². The summed E-state index contributed by atoms with van der Waals surface area (Å²) in [5.74, 6) is 2.05. The van der Waals surface area contributed by atoms with Crippen molar-refractivity contribution in [2.45, 2.75) is 86.5 Å². The number of hydrogen-bond acceptors (Lipinski definition) is 0. The van der Waals surface area contributed by atoms with Crippen molar-refractivity contribution in [1.29, 1.82) is 0 Å². The first kappa shape index (κ1) is 16.0. The van der Waals surface area contributed by atoms with Gasteiger partial charge in [-0.3, -0.25) is 0 Å². The van der Waals surface area contributed by atoms with Gasteiger partial charge in [0.05, 0.1) is 0 Å². The van der Waals surface area contributed by atoms with Gasteiger partial charge in [-0.2, -0.15) is 0 Å². The molecule has 98 valence electrons. The summed E-state index contributed by atoms with van der Waals surface area (Å²) in [6.45, 7) is 13.5. The molecule has 0 aliphatic heterocycles. The molecule has 0 bridgehead atoms. The van der Waals surface area contributed by atoms with E-state index in [9.17, 15) is 0 Å². The van der Waals surface area contributed by atoms with Crippen LogP contribution in [0.25, 0.3) is 0 Å². The molecule has 16 heavy (non-hydrogen) atoms. The van der Waals surface area contributed by atoms with Crippen molar-refractivity contribution in [1.82, 2.24) is 0 Å². The molecule has 0 unspecified atom stereocenters. The van der Waals surface area contributed by atoms with Gasteiger partial charge in [0.1, 0.15) is 0 Å². The van der Waals surface area contributed by atoms with E-state index in [0.717, 1.165) is 11.8 Å². The van der Waals surface area contributed by atoms with Gasteiger partial charge >= 0.3 is 0 Å². The Morgan fingerprint density at radius 1 is 0.938 bits per heavy atom. The highest BCUT2D eigenvalue weighted by molar-refractivity contribution is 4.80. The van der Waals surface area contributed by atoms with Crippen LogP contribution >= 0.6 is 0 Å². The normalized spacial score (nSPS) is 25.9. The van der Waals surface area contributed by atoms with E-state index < -0.39 is 0 Å². The summed E-state index contributed by atoms with van der Waals surface area (Å²) in [5, 5.41) is 0. The van der Waals surface area contributed by atoms with Crippen molar-refractivity contribution in [2.24, 2.45) is 17.3 Å². The monoisotopic (exact) mass is 226 g/mol. The summed E-state index contributed by atoms with van der Waals surface area (Å²) in [5.41, 5.74) is 0.551. The molecule has 1 saturated carbocycles. The zero-order valence-electron chi connectivity index (χ0n) is 12.6. The summed E-state index contributed by atoms with van der Waals surface area (Å²) in [6.07, 6.45) is 10.3. The van der Waals surface area contributed by atoms with E-state index in [1.807, 2.05) is 13.8 Å². The SMILES string of the molecule is CC.CCCCC1CCC(C(C)(C)C)CC1. The van der Waals surface area contributed by atoms with Crippen molar-refractivity contribution < 1.29 is 0 Å². The highest BCUT2D eigenvalue weighted by Crippen LogP contribution is 2.40. The van der Waals surface area contributed by atoms with Crippen LogP contribution in [0.3, 0.4) is 0 Å². The lowest BCUT2D eigenvalue weighted by atomic mass is 9.69. The molecule has 0 atom stereocenters. The minimum absolute atomic E-state index is 0.551. The average molecular weight is 226 g/mol. The second-order valence-electron chi connectivity index (χ2n) is 6.23. The van der Waals surface area contributed by atoms with Crippen LogP contribution < -0.4 is 0 Å². The Morgan fingerprint density at radius 2 is 1.44 bits per heavy atom. The van der Waals surface area contributed by atoms with E-state index in [-0.39, 0.29) is 0 Å². The van der Waals surface area contributed by atoms with E-state index in [2.05, 4.69) is 27.7 Å². The molecule has 0 aromatic heterocycles. The fraction of sp³-hybridized carbons (Fsp3) is 1.00. The van der Waals surface area contributed by atoms with E-state index in [0.29, 0.717) is 5.41 Å². The first-order valence-corrected chi connectivity index (χ1v) is 7.54. The van der Waals surface area contributed by atoms with Crippen LogP contribution in [0.4, 0.5) is 0 Å². The van der Waals surface area contributed by atoms with Crippen molar-refractivity contribution >= 4 is 0 Å². The van der Waals surface area contributed by atoms with Crippen molar-refractivity contribution in [2.75, 3.05) is 0 Å². The average Bonchev–Trinajstić information content (AvgIpc) is 2.28. The Morgan fingerprint density at radius 3 is 1.81 bits per heavy atom. The predicted molar refractivity (Wildman–Crippen MR) is 75.8 cm³/mol. The third kappa shape index (κ3) is 5.92. The highest BCUT2D eigenvalue weighted by Gasteiger charge is 2.29. The van der Waals surface area contributed by atoms with Gasteiger partial charge in [0.15, 0.2) is 0 Å². The second kappa shape index (κ2) is 8.14. The summed E-state index contributed by atoms with van der Waals surface area (Å²) in [4.78, 5) is 0. The highest BCUT2D eigenvalue weighted by atomic mass is 14.3. The third-order valence-corrected chi connectivity index (χ3v) is 4.04. The van der Waals surface area contributed by atoms with E-state index in [1.54, 1.807) is 0 Å². The fourth-order valence-corrected chi connectivity index (χ4v) is 2.81. The summed E-state index contributed by atoms with van der Waals surface area (Å²) < 4.78 is 0. The lowest BCUT2D eigenvalue weighted by molar-refractivity contribution is 0.145. The second-order valence-corrected chi connectivity index (χ2v) is 6.23. The quantitative estimate of drug-likeness (QED) is 0.549. The van der Waals surface area contributed by atoms with Gasteiger partial charge in [0, 0.05) is 0 Å². The topological polar surface area (TPSA) is 0 Å². The van der Waals surface area contributed by atoms with E-state index in [4.69, 9.17) is 0 Å².